The second-order valence-corrected chi connectivity index (χ2v) is 6.69. The van der Waals surface area contributed by atoms with Crippen molar-refractivity contribution >= 4 is 17.3 Å². The van der Waals surface area contributed by atoms with E-state index in [9.17, 15) is 19.3 Å². The molecule has 1 aliphatic rings. The number of amides is 1. The number of H-pyrrole nitrogens is 1. The summed E-state index contributed by atoms with van der Waals surface area (Å²) in [6.07, 6.45) is 1.46. The number of aromatic amines is 1. The maximum Gasteiger partial charge on any atom is 0.269 e. The van der Waals surface area contributed by atoms with E-state index in [4.69, 9.17) is 0 Å². The van der Waals surface area contributed by atoms with Gasteiger partial charge in [-0.25, -0.2) is 4.39 Å². The molecule has 8 nitrogen and oxygen atoms in total. The molecule has 0 aliphatic carbocycles. The third kappa shape index (κ3) is 3.66. The van der Waals surface area contributed by atoms with Crippen molar-refractivity contribution in [2.45, 2.75) is 0 Å². The van der Waals surface area contributed by atoms with Crippen LogP contribution in [0.2, 0.25) is 0 Å². The predicted molar refractivity (Wildman–Crippen MR) is 105 cm³/mol. The van der Waals surface area contributed by atoms with Crippen molar-refractivity contribution in [3.63, 3.8) is 0 Å². The number of aromatic nitrogens is 2. The lowest BCUT2D eigenvalue weighted by atomic mass is 10.1. The molecule has 3 aromatic rings. The van der Waals surface area contributed by atoms with E-state index >= 15 is 0 Å². The fourth-order valence-corrected chi connectivity index (χ4v) is 3.45. The van der Waals surface area contributed by atoms with Crippen molar-refractivity contribution in [1.29, 1.82) is 0 Å². The van der Waals surface area contributed by atoms with Crippen LogP contribution in [0.15, 0.2) is 54.7 Å². The van der Waals surface area contributed by atoms with Gasteiger partial charge >= 0.3 is 0 Å². The fraction of sp³-hybridized carbons (Fsp3) is 0.200. The molecule has 9 heteroatoms. The van der Waals surface area contributed by atoms with Crippen molar-refractivity contribution in [3.05, 3.63) is 76.2 Å². The number of hydrogen-bond acceptors (Lipinski definition) is 5. The average molecular weight is 395 g/mol. The highest BCUT2D eigenvalue weighted by atomic mass is 19.1. The highest BCUT2D eigenvalue weighted by Crippen LogP contribution is 2.26. The van der Waals surface area contributed by atoms with Gasteiger partial charge in [0.15, 0.2) is 0 Å². The van der Waals surface area contributed by atoms with Gasteiger partial charge in [-0.1, -0.05) is 12.1 Å². The first-order chi connectivity index (χ1) is 14.0. The lowest BCUT2D eigenvalue weighted by Crippen LogP contribution is -2.49. The Labute approximate surface area is 165 Å². The molecule has 1 fully saturated rings. The molecule has 0 radical (unpaired) electrons. The number of para-hydroxylation sites is 1. The van der Waals surface area contributed by atoms with Crippen molar-refractivity contribution < 1.29 is 14.1 Å². The van der Waals surface area contributed by atoms with Gasteiger partial charge in [0, 0.05) is 43.9 Å². The van der Waals surface area contributed by atoms with E-state index in [0.717, 1.165) is 0 Å². The Morgan fingerprint density at radius 3 is 2.41 bits per heavy atom. The SMILES string of the molecule is O=C(c1cn[nH]c1-c1ccc([N+](=O)[O-])cc1)N1CCN(c2ccccc2F)CC1. The maximum atomic E-state index is 14.0. The van der Waals surface area contributed by atoms with Crippen LogP contribution in [0.4, 0.5) is 15.8 Å². The zero-order valence-corrected chi connectivity index (χ0v) is 15.4. The van der Waals surface area contributed by atoms with E-state index < -0.39 is 4.92 Å². The van der Waals surface area contributed by atoms with Gasteiger partial charge < -0.3 is 9.80 Å². The number of carbonyl (C=O) groups is 1. The summed E-state index contributed by atoms with van der Waals surface area (Å²) in [4.78, 5) is 27.0. The minimum absolute atomic E-state index is 0.0228. The van der Waals surface area contributed by atoms with Gasteiger partial charge in [-0.05, 0) is 24.3 Å². The highest BCUT2D eigenvalue weighted by molar-refractivity contribution is 5.99. The first-order valence-corrected chi connectivity index (χ1v) is 9.11. The molecule has 0 atom stereocenters. The lowest BCUT2D eigenvalue weighted by Gasteiger charge is -2.36. The van der Waals surface area contributed by atoms with E-state index in [1.165, 1.54) is 24.4 Å². The molecule has 0 unspecified atom stereocenters. The van der Waals surface area contributed by atoms with Crippen LogP contribution in [-0.4, -0.2) is 52.1 Å². The molecule has 0 bridgehead atoms. The molecule has 2 aromatic carbocycles. The van der Waals surface area contributed by atoms with Gasteiger partial charge in [-0.3, -0.25) is 20.0 Å². The van der Waals surface area contributed by atoms with Crippen LogP contribution in [0.5, 0.6) is 0 Å². The van der Waals surface area contributed by atoms with Crippen LogP contribution >= 0.6 is 0 Å². The molecule has 0 spiro atoms. The van der Waals surface area contributed by atoms with Crippen LogP contribution in [0.3, 0.4) is 0 Å². The minimum atomic E-state index is -0.474. The number of anilines is 1. The third-order valence-corrected chi connectivity index (χ3v) is 5.00. The second-order valence-electron chi connectivity index (χ2n) is 6.69. The second kappa shape index (κ2) is 7.70. The highest BCUT2D eigenvalue weighted by Gasteiger charge is 2.26. The molecule has 1 saturated heterocycles. The first kappa shape index (κ1) is 18.6. The first-order valence-electron chi connectivity index (χ1n) is 9.11. The topological polar surface area (TPSA) is 95.4 Å². The summed E-state index contributed by atoms with van der Waals surface area (Å²) in [7, 11) is 0. The summed E-state index contributed by atoms with van der Waals surface area (Å²) in [5, 5.41) is 17.6. The Hall–Kier alpha value is -3.75. The zero-order chi connectivity index (χ0) is 20.4. The van der Waals surface area contributed by atoms with Gasteiger partial charge in [0.05, 0.1) is 28.1 Å². The quantitative estimate of drug-likeness (QED) is 0.541. The average Bonchev–Trinajstić information content (AvgIpc) is 3.24. The van der Waals surface area contributed by atoms with Crippen molar-refractivity contribution in [2.24, 2.45) is 0 Å². The number of rotatable bonds is 4. The molecule has 0 saturated carbocycles. The predicted octanol–water partition coefficient (Wildman–Crippen LogP) is 3.09. The number of nitro groups is 1. The monoisotopic (exact) mass is 395 g/mol. The van der Waals surface area contributed by atoms with Crippen LogP contribution in [0, 0.1) is 15.9 Å². The molecule has 29 heavy (non-hydrogen) atoms. The molecule has 2 heterocycles. The minimum Gasteiger partial charge on any atom is -0.366 e. The molecule has 1 aliphatic heterocycles. The number of non-ortho nitro benzene ring substituents is 1. The summed E-state index contributed by atoms with van der Waals surface area (Å²) in [6.45, 7) is 1.96. The van der Waals surface area contributed by atoms with E-state index in [0.29, 0.717) is 48.7 Å². The van der Waals surface area contributed by atoms with Crippen LogP contribution < -0.4 is 4.90 Å². The number of halogens is 1. The van der Waals surface area contributed by atoms with Gasteiger partial charge in [0.25, 0.3) is 11.6 Å². The Balaban J connectivity index is 1.48. The Morgan fingerprint density at radius 2 is 1.76 bits per heavy atom. The van der Waals surface area contributed by atoms with Gasteiger partial charge in [-0.15, -0.1) is 0 Å². The standard InChI is InChI=1S/C20H18FN5O3/c21-17-3-1-2-4-18(17)24-9-11-25(12-10-24)20(27)16-13-22-23-19(16)14-5-7-15(8-6-14)26(28)29/h1-8,13H,9-12H2,(H,22,23). The maximum absolute atomic E-state index is 14.0. The van der Waals surface area contributed by atoms with Crippen molar-refractivity contribution in [3.8, 4) is 11.3 Å². The molecule has 1 N–H and O–H groups in total. The molecular weight excluding hydrogens is 377 g/mol. The van der Waals surface area contributed by atoms with Gasteiger partial charge in [-0.2, -0.15) is 5.10 Å². The van der Waals surface area contributed by atoms with Crippen molar-refractivity contribution in [1.82, 2.24) is 15.1 Å². The number of nitrogens with zero attached hydrogens (tertiary/aromatic N) is 4. The number of hydrogen-bond donors (Lipinski definition) is 1. The number of carbonyl (C=O) groups excluding carboxylic acids is 1. The smallest absolute Gasteiger partial charge is 0.269 e. The Bertz CT molecular complexity index is 1040. The van der Waals surface area contributed by atoms with Crippen LogP contribution in [-0.2, 0) is 0 Å². The lowest BCUT2D eigenvalue weighted by molar-refractivity contribution is -0.384. The molecule has 1 amide bonds. The number of piperazine rings is 1. The summed E-state index contributed by atoms with van der Waals surface area (Å²) < 4.78 is 14.0. The number of benzene rings is 2. The van der Waals surface area contributed by atoms with E-state index in [-0.39, 0.29) is 17.4 Å². The zero-order valence-electron chi connectivity index (χ0n) is 15.4. The normalized spacial score (nSPS) is 14.1. The fourth-order valence-electron chi connectivity index (χ4n) is 3.45. The van der Waals surface area contributed by atoms with E-state index in [1.807, 2.05) is 4.90 Å². The van der Waals surface area contributed by atoms with Gasteiger partial charge in [0.2, 0.25) is 0 Å². The van der Waals surface area contributed by atoms with Crippen molar-refractivity contribution in [2.75, 3.05) is 31.1 Å². The summed E-state index contributed by atoms with van der Waals surface area (Å²) >= 11 is 0. The number of nitrogens with one attached hydrogen (secondary N) is 1. The molecular formula is C20H18FN5O3. The summed E-state index contributed by atoms with van der Waals surface area (Å²) in [5.41, 5.74) is 2.07. The van der Waals surface area contributed by atoms with Gasteiger partial charge in [0.1, 0.15) is 5.82 Å². The molecule has 148 valence electrons. The molecule has 1 aromatic heterocycles. The Kier molecular flexibility index (Phi) is 4.94. The summed E-state index contributed by atoms with van der Waals surface area (Å²) in [6, 6.07) is 12.5. The molecule has 4 rings (SSSR count). The third-order valence-electron chi connectivity index (χ3n) is 5.00. The van der Waals surface area contributed by atoms with E-state index in [1.54, 1.807) is 35.2 Å². The van der Waals surface area contributed by atoms with Crippen LogP contribution in [0.1, 0.15) is 10.4 Å². The number of nitro benzene ring substituents is 1. The van der Waals surface area contributed by atoms with E-state index in [2.05, 4.69) is 10.2 Å². The summed E-state index contributed by atoms with van der Waals surface area (Å²) in [5.74, 6) is -0.456. The largest absolute Gasteiger partial charge is 0.366 e. The Morgan fingerprint density at radius 1 is 1.07 bits per heavy atom. The van der Waals surface area contributed by atoms with Crippen LogP contribution in [0.25, 0.3) is 11.3 Å².